The maximum atomic E-state index is 13.3. The summed E-state index contributed by atoms with van der Waals surface area (Å²) in [5.74, 6) is 1.16. The summed E-state index contributed by atoms with van der Waals surface area (Å²) in [6.07, 6.45) is 0. The Labute approximate surface area is 86.5 Å². The summed E-state index contributed by atoms with van der Waals surface area (Å²) in [5, 5.41) is 0.186. The Kier molecular flexibility index (Phi) is 4.56. The minimum atomic E-state index is -0.311. The summed E-state index contributed by atoms with van der Waals surface area (Å²) in [7, 11) is 0. The van der Waals surface area contributed by atoms with Crippen LogP contribution in [0.5, 0.6) is 0 Å². The minimum absolute atomic E-state index is 0.186. The van der Waals surface area contributed by atoms with Crippen LogP contribution in [0.4, 0.5) is 4.39 Å². The van der Waals surface area contributed by atoms with Crippen LogP contribution in [-0.4, -0.2) is 12.3 Å². The molecule has 0 aliphatic rings. The topological polar surface area (TPSA) is 26.0 Å². The first-order valence-corrected chi connectivity index (χ1v) is 5.49. The van der Waals surface area contributed by atoms with E-state index in [1.54, 1.807) is 30.0 Å². The van der Waals surface area contributed by atoms with Crippen LogP contribution < -0.4 is 5.73 Å². The van der Waals surface area contributed by atoms with E-state index in [1.807, 2.05) is 0 Å². The van der Waals surface area contributed by atoms with Crippen LogP contribution in [0.2, 0.25) is 5.02 Å². The number of thioether (sulfide) groups is 1. The van der Waals surface area contributed by atoms with Crippen molar-refractivity contribution >= 4 is 23.4 Å². The van der Waals surface area contributed by atoms with Gasteiger partial charge in [0.1, 0.15) is 5.82 Å². The number of benzene rings is 1. The zero-order chi connectivity index (χ0) is 9.68. The van der Waals surface area contributed by atoms with Crippen LogP contribution in [0.1, 0.15) is 5.56 Å². The van der Waals surface area contributed by atoms with Crippen molar-refractivity contribution in [3.63, 3.8) is 0 Å². The maximum Gasteiger partial charge on any atom is 0.145 e. The fourth-order valence-electron chi connectivity index (χ4n) is 0.925. The molecule has 0 spiro atoms. The molecule has 13 heavy (non-hydrogen) atoms. The lowest BCUT2D eigenvalue weighted by Crippen LogP contribution is -2.01. The van der Waals surface area contributed by atoms with Gasteiger partial charge >= 0.3 is 0 Å². The van der Waals surface area contributed by atoms with Gasteiger partial charge in [-0.25, -0.2) is 4.39 Å². The average Bonchev–Trinajstić information content (AvgIpc) is 2.13. The lowest BCUT2D eigenvalue weighted by molar-refractivity contribution is 0.618. The van der Waals surface area contributed by atoms with Gasteiger partial charge in [0.15, 0.2) is 0 Å². The van der Waals surface area contributed by atoms with Crippen LogP contribution in [0.15, 0.2) is 18.2 Å². The molecule has 0 saturated heterocycles. The first kappa shape index (κ1) is 10.8. The molecule has 0 aliphatic carbocycles. The molecule has 0 bridgehead atoms. The summed E-state index contributed by atoms with van der Waals surface area (Å²) in [5.41, 5.74) is 5.96. The molecule has 0 atom stereocenters. The number of hydrogen-bond donors (Lipinski definition) is 1. The van der Waals surface area contributed by atoms with Crippen molar-refractivity contribution < 1.29 is 4.39 Å². The second kappa shape index (κ2) is 5.47. The third-order valence-corrected chi connectivity index (χ3v) is 2.88. The second-order valence-corrected chi connectivity index (χ2v) is 4.07. The van der Waals surface area contributed by atoms with Gasteiger partial charge in [-0.2, -0.15) is 11.8 Å². The van der Waals surface area contributed by atoms with Gasteiger partial charge in [-0.15, -0.1) is 0 Å². The Morgan fingerprint density at radius 2 is 2.23 bits per heavy atom. The predicted molar refractivity (Wildman–Crippen MR) is 56.6 cm³/mol. The molecule has 1 aromatic carbocycles. The van der Waals surface area contributed by atoms with Crippen LogP contribution >= 0.6 is 23.4 Å². The lowest BCUT2D eigenvalue weighted by atomic mass is 10.2. The Bertz CT molecular complexity index is 280. The van der Waals surface area contributed by atoms with E-state index in [9.17, 15) is 4.39 Å². The fraction of sp³-hybridized carbons (Fsp3) is 0.333. The molecule has 0 amide bonds. The van der Waals surface area contributed by atoms with E-state index in [0.717, 1.165) is 5.75 Å². The van der Waals surface area contributed by atoms with E-state index in [-0.39, 0.29) is 10.8 Å². The predicted octanol–water partition coefficient (Wildman–Crippen LogP) is 2.67. The van der Waals surface area contributed by atoms with E-state index < -0.39 is 0 Å². The number of nitrogens with two attached hydrogens (primary N) is 1. The van der Waals surface area contributed by atoms with Crippen molar-refractivity contribution in [3.8, 4) is 0 Å². The van der Waals surface area contributed by atoms with Crippen molar-refractivity contribution in [2.45, 2.75) is 5.75 Å². The SMILES string of the molecule is NCCSCc1cccc(Cl)c1F. The lowest BCUT2D eigenvalue weighted by Gasteiger charge is -2.03. The standard InChI is InChI=1S/C9H11ClFNS/c10-8-3-1-2-7(9(8)11)6-13-5-4-12/h1-3H,4-6,12H2. The van der Waals surface area contributed by atoms with E-state index in [2.05, 4.69) is 0 Å². The molecule has 1 nitrogen and oxygen atoms in total. The summed E-state index contributed by atoms with van der Waals surface area (Å²) in [4.78, 5) is 0. The molecule has 0 aliphatic heterocycles. The highest BCUT2D eigenvalue weighted by molar-refractivity contribution is 7.98. The third-order valence-electron chi connectivity index (χ3n) is 1.55. The Morgan fingerprint density at radius 3 is 2.92 bits per heavy atom. The van der Waals surface area contributed by atoms with Gasteiger partial charge in [0, 0.05) is 18.1 Å². The largest absolute Gasteiger partial charge is 0.330 e. The molecule has 2 N–H and O–H groups in total. The van der Waals surface area contributed by atoms with Crippen LogP contribution in [0, 0.1) is 5.82 Å². The van der Waals surface area contributed by atoms with Gasteiger partial charge in [0.05, 0.1) is 5.02 Å². The molecular weight excluding hydrogens is 209 g/mol. The van der Waals surface area contributed by atoms with Gasteiger partial charge < -0.3 is 5.73 Å². The van der Waals surface area contributed by atoms with Gasteiger partial charge in [0.2, 0.25) is 0 Å². The zero-order valence-corrected chi connectivity index (χ0v) is 8.67. The molecule has 0 fully saturated rings. The highest BCUT2D eigenvalue weighted by Gasteiger charge is 2.04. The molecule has 0 saturated carbocycles. The molecular formula is C9H11ClFNS. The van der Waals surface area contributed by atoms with E-state index >= 15 is 0 Å². The highest BCUT2D eigenvalue weighted by Crippen LogP contribution is 2.21. The highest BCUT2D eigenvalue weighted by atomic mass is 35.5. The van der Waals surface area contributed by atoms with Crippen LogP contribution in [0.3, 0.4) is 0 Å². The second-order valence-electron chi connectivity index (χ2n) is 2.55. The molecule has 0 unspecified atom stereocenters. The van der Waals surface area contributed by atoms with Crippen molar-refractivity contribution in [1.29, 1.82) is 0 Å². The molecule has 1 rings (SSSR count). The maximum absolute atomic E-state index is 13.3. The number of rotatable bonds is 4. The Hall–Kier alpha value is -0.250. The normalized spacial score (nSPS) is 10.4. The Balaban J connectivity index is 2.61. The molecule has 4 heteroatoms. The third kappa shape index (κ3) is 3.18. The van der Waals surface area contributed by atoms with E-state index in [1.165, 1.54) is 0 Å². The van der Waals surface area contributed by atoms with Crippen molar-refractivity contribution in [3.05, 3.63) is 34.6 Å². The summed E-state index contributed by atoms with van der Waals surface area (Å²) < 4.78 is 13.3. The van der Waals surface area contributed by atoms with Crippen molar-refractivity contribution in [1.82, 2.24) is 0 Å². The zero-order valence-electron chi connectivity index (χ0n) is 7.09. The van der Waals surface area contributed by atoms with Crippen molar-refractivity contribution in [2.75, 3.05) is 12.3 Å². The summed E-state index contributed by atoms with van der Waals surface area (Å²) >= 11 is 7.22. The van der Waals surface area contributed by atoms with Gasteiger partial charge in [0.25, 0.3) is 0 Å². The molecule has 0 heterocycles. The quantitative estimate of drug-likeness (QED) is 0.788. The van der Waals surface area contributed by atoms with E-state index in [0.29, 0.717) is 17.9 Å². The molecule has 0 aromatic heterocycles. The fourth-order valence-corrected chi connectivity index (χ4v) is 1.87. The first-order chi connectivity index (χ1) is 6.25. The van der Waals surface area contributed by atoms with Crippen LogP contribution in [0.25, 0.3) is 0 Å². The summed E-state index contributed by atoms with van der Waals surface area (Å²) in [6.45, 7) is 0.618. The molecule has 0 radical (unpaired) electrons. The van der Waals surface area contributed by atoms with Gasteiger partial charge in [-0.05, 0) is 11.6 Å². The minimum Gasteiger partial charge on any atom is -0.330 e. The molecule has 1 aromatic rings. The van der Waals surface area contributed by atoms with Gasteiger partial charge in [-0.3, -0.25) is 0 Å². The number of halogens is 2. The smallest absolute Gasteiger partial charge is 0.145 e. The number of hydrogen-bond acceptors (Lipinski definition) is 2. The van der Waals surface area contributed by atoms with Crippen molar-refractivity contribution in [2.24, 2.45) is 5.73 Å². The van der Waals surface area contributed by atoms with Gasteiger partial charge in [-0.1, -0.05) is 23.7 Å². The molecule has 72 valence electrons. The Morgan fingerprint density at radius 1 is 1.46 bits per heavy atom. The first-order valence-electron chi connectivity index (χ1n) is 3.96. The monoisotopic (exact) mass is 219 g/mol. The average molecular weight is 220 g/mol. The van der Waals surface area contributed by atoms with E-state index in [4.69, 9.17) is 17.3 Å². The van der Waals surface area contributed by atoms with Crippen LogP contribution in [-0.2, 0) is 5.75 Å². The summed E-state index contributed by atoms with van der Waals surface area (Å²) in [6, 6.07) is 5.04.